The Labute approximate surface area is 230 Å². The standard InChI is InChI=1S/C25H21ClN6O2.C4H6O/c1-28-17-7-3-14(4-8-17)23-21(22-24(27)30-13-31-25(22)32(23)2)15-5-9-19(18(33)11-15)34-20-10-6-16(26)12-29-20;1-4(2)3-5/h3-13,28,33H,1-2H3,(H2,27,30,31);3H,1H2,2H3. The molecule has 2 aromatic carbocycles. The van der Waals surface area contributed by atoms with Crippen molar-refractivity contribution in [2.75, 3.05) is 18.1 Å². The minimum absolute atomic E-state index is 0.0434. The number of aromatic nitrogens is 4. The van der Waals surface area contributed by atoms with Crippen molar-refractivity contribution in [2.45, 2.75) is 6.92 Å². The Morgan fingerprint density at radius 2 is 1.79 bits per heavy atom. The van der Waals surface area contributed by atoms with E-state index in [0.29, 0.717) is 33.3 Å². The number of aromatic hydroxyl groups is 1. The summed E-state index contributed by atoms with van der Waals surface area (Å²) in [5, 5.41) is 15.1. The van der Waals surface area contributed by atoms with Crippen LogP contribution in [0.4, 0.5) is 11.5 Å². The van der Waals surface area contributed by atoms with Crippen molar-refractivity contribution in [3.05, 3.63) is 84.3 Å². The number of aryl methyl sites for hydroxylation is 1. The van der Waals surface area contributed by atoms with Crippen LogP contribution in [0, 0.1) is 0 Å². The van der Waals surface area contributed by atoms with Gasteiger partial charge in [-0.3, -0.25) is 4.79 Å². The number of anilines is 2. The van der Waals surface area contributed by atoms with E-state index < -0.39 is 0 Å². The lowest BCUT2D eigenvalue weighted by atomic mass is 9.98. The molecule has 0 bridgehead atoms. The summed E-state index contributed by atoms with van der Waals surface area (Å²) in [4.78, 5) is 22.2. The molecule has 0 amide bonds. The third-order valence-electron chi connectivity index (χ3n) is 5.81. The lowest BCUT2D eigenvalue weighted by molar-refractivity contribution is -0.104. The van der Waals surface area contributed by atoms with Crippen LogP contribution in [0.5, 0.6) is 17.4 Å². The van der Waals surface area contributed by atoms with Crippen molar-refractivity contribution >= 4 is 40.4 Å². The Balaban J connectivity index is 0.000000648. The molecule has 0 radical (unpaired) electrons. The molecule has 39 heavy (non-hydrogen) atoms. The first kappa shape index (κ1) is 27.2. The third kappa shape index (κ3) is 5.83. The highest BCUT2D eigenvalue weighted by molar-refractivity contribution is 6.30. The summed E-state index contributed by atoms with van der Waals surface area (Å²) < 4.78 is 7.71. The van der Waals surface area contributed by atoms with Crippen LogP contribution in [0.25, 0.3) is 33.4 Å². The summed E-state index contributed by atoms with van der Waals surface area (Å²) >= 11 is 5.89. The number of phenolic OH excluding ortho intramolecular Hbond substituents is 1. The van der Waals surface area contributed by atoms with Gasteiger partial charge in [0, 0.05) is 37.6 Å². The summed E-state index contributed by atoms with van der Waals surface area (Å²) in [6, 6.07) is 16.5. The van der Waals surface area contributed by atoms with Crippen LogP contribution in [0.2, 0.25) is 5.02 Å². The smallest absolute Gasteiger partial charge is 0.219 e. The molecule has 5 aromatic rings. The summed E-state index contributed by atoms with van der Waals surface area (Å²) in [6.45, 7) is 4.97. The number of phenols is 1. The van der Waals surface area contributed by atoms with Gasteiger partial charge in [0.2, 0.25) is 5.88 Å². The number of halogens is 1. The minimum atomic E-state index is -0.0434. The number of aldehydes is 1. The zero-order chi connectivity index (χ0) is 28.1. The fourth-order valence-corrected chi connectivity index (χ4v) is 4.10. The molecule has 0 aliphatic heterocycles. The van der Waals surface area contributed by atoms with Crippen molar-refractivity contribution < 1.29 is 14.6 Å². The number of nitrogens with zero attached hydrogens (tertiary/aromatic N) is 4. The van der Waals surface area contributed by atoms with E-state index in [9.17, 15) is 9.90 Å². The highest BCUT2D eigenvalue weighted by Crippen LogP contribution is 2.44. The summed E-state index contributed by atoms with van der Waals surface area (Å²) in [6.07, 6.45) is 3.65. The number of hydrogen-bond donors (Lipinski definition) is 3. The van der Waals surface area contributed by atoms with Crippen LogP contribution < -0.4 is 15.8 Å². The van der Waals surface area contributed by atoms with Crippen LogP contribution in [-0.2, 0) is 11.8 Å². The number of carbonyl (C=O) groups is 1. The molecule has 0 spiro atoms. The highest BCUT2D eigenvalue weighted by atomic mass is 35.5. The van der Waals surface area contributed by atoms with Gasteiger partial charge in [0.1, 0.15) is 24.1 Å². The molecule has 5 rings (SSSR count). The number of ether oxygens (including phenoxy) is 1. The maximum Gasteiger partial charge on any atom is 0.219 e. The average molecular weight is 543 g/mol. The Morgan fingerprint density at radius 1 is 1.10 bits per heavy atom. The van der Waals surface area contributed by atoms with E-state index in [0.717, 1.165) is 34.4 Å². The average Bonchev–Trinajstić information content (AvgIpc) is 3.24. The van der Waals surface area contributed by atoms with Crippen LogP contribution in [-0.4, -0.2) is 38.0 Å². The molecular weight excluding hydrogens is 516 g/mol. The fraction of sp³-hybridized carbons (Fsp3) is 0.103. The first-order valence-electron chi connectivity index (χ1n) is 11.8. The van der Waals surface area contributed by atoms with Crippen LogP contribution in [0.1, 0.15) is 6.92 Å². The second-order valence-corrected chi connectivity index (χ2v) is 9.07. The van der Waals surface area contributed by atoms with Crippen molar-refractivity contribution in [3.8, 4) is 39.8 Å². The number of allylic oxidation sites excluding steroid dienone is 1. The number of pyridine rings is 1. The number of rotatable bonds is 6. The van der Waals surface area contributed by atoms with Crippen LogP contribution in [0.3, 0.4) is 0 Å². The van der Waals surface area contributed by atoms with E-state index in [2.05, 4.69) is 26.8 Å². The zero-order valence-electron chi connectivity index (χ0n) is 21.6. The topological polar surface area (TPSA) is 128 Å². The predicted molar refractivity (Wildman–Crippen MR) is 155 cm³/mol. The zero-order valence-corrected chi connectivity index (χ0v) is 22.4. The van der Waals surface area contributed by atoms with Gasteiger partial charge in [-0.05, 0) is 54.0 Å². The Bertz CT molecular complexity index is 1650. The number of nitrogens with one attached hydrogen (secondary N) is 1. The Morgan fingerprint density at radius 3 is 2.38 bits per heavy atom. The van der Waals surface area contributed by atoms with Gasteiger partial charge < -0.3 is 25.5 Å². The van der Waals surface area contributed by atoms with E-state index in [4.69, 9.17) is 22.1 Å². The maximum atomic E-state index is 10.8. The quantitative estimate of drug-likeness (QED) is 0.170. The normalized spacial score (nSPS) is 10.5. The number of nitrogen functional groups attached to an aromatic ring is 1. The molecule has 3 heterocycles. The number of carbonyl (C=O) groups excluding carboxylic acids is 1. The van der Waals surface area contributed by atoms with Gasteiger partial charge in [0.05, 0.1) is 16.1 Å². The summed E-state index contributed by atoms with van der Waals surface area (Å²) in [5.74, 6) is 0.903. The summed E-state index contributed by atoms with van der Waals surface area (Å²) in [7, 11) is 3.81. The number of hydrogen-bond acceptors (Lipinski definition) is 8. The fourth-order valence-electron chi connectivity index (χ4n) is 3.98. The Kier molecular flexibility index (Phi) is 8.12. The maximum absolute atomic E-state index is 10.8. The van der Waals surface area contributed by atoms with E-state index in [1.165, 1.54) is 12.5 Å². The second kappa shape index (κ2) is 11.7. The van der Waals surface area contributed by atoms with Gasteiger partial charge >= 0.3 is 0 Å². The van der Waals surface area contributed by atoms with Gasteiger partial charge in [-0.15, -0.1) is 0 Å². The van der Waals surface area contributed by atoms with Crippen LogP contribution in [0.15, 0.2) is 79.3 Å². The number of nitrogens with two attached hydrogens (primary N) is 1. The van der Waals surface area contributed by atoms with Gasteiger partial charge in [-0.2, -0.15) is 0 Å². The first-order chi connectivity index (χ1) is 18.7. The molecule has 0 aliphatic carbocycles. The molecule has 9 nitrogen and oxygen atoms in total. The van der Waals surface area contributed by atoms with Crippen molar-refractivity contribution in [1.82, 2.24) is 19.5 Å². The first-order valence-corrected chi connectivity index (χ1v) is 12.2. The monoisotopic (exact) mass is 542 g/mol. The van der Waals surface area contributed by atoms with Gasteiger partial charge in [0.15, 0.2) is 11.5 Å². The molecule has 0 atom stereocenters. The molecule has 0 saturated heterocycles. The van der Waals surface area contributed by atoms with Crippen molar-refractivity contribution in [1.29, 1.82) is 0 Å². The molecule has 0 unspecified atom stereocenters. The third-order valence-corrected chi connectivity index (χ3v) is 6.03. The van der Waals surface area contributed by atoms with Gasteiger partial charge in [-0.1, -0.05) is 36.4 Å². The van der Waals surface area contributed by atoms with Crippen molar-refractivity contribution in [2.24, 2.45) is 7.05 Å². The molecule has 4 N–H and O–H groups in total. The molecule has 0 saturated carbocycles. The second-order valence-electron chi connectivity index (χ2n) is 8.63. The molecule has 0 aliphatic rings. The minimum Gasteiger partial charge on any atom is -0.504 e. The van der Waals surface area contributed by atoms with E-state index in [1.54, 1.807) is 31.2 Å². The lowest BCUT2D eigenvalue weighted by Gasteiger charge is -2.12. The molecule has 0 fully saturated rings. The molecule has 198 valence electrons. The number of fused-ring (bicyclic) bond motifs is 1. The van der Waals surface area contributed by atoms with Gasteiger partial charge in [-0.25, -0.2) is 15.0 Å². The van der Waals surface area contributed by atoms with Crippen molar-refractivity contribution in [3.63, 3.8) is 0 Å². The molecule has 3 aromatic heterocycles. The molecular formula is C29H27ClN6O3. The predicted octanol–water partition coefficient (Wildman–Crippen LogP) is 6.23. The number of benzene rings is 2. The van der Waals surface area contributed by atoms with Gasteiger partial charge in [0.25, 0.3) is 0 Å². The van der Waals surface area contributed by atoms with E-state index in [1.807, 2.05) is 49.0 Å². The SMILES string of the molecule is C=C(C)C=O.CNc1ccc(-c2c(-c3ccc(Oc4ccc(Cl)cn4)c(O)c3)c3c(N)ncnc3n2C)cc1. The summed E-state index contributed by atoms with van der Waals surface area (Å²) in [5.41, 5.74) is 12.0. The highest BCUT2D eigenvalue weighted by Gasteiger charge is 2.22. The van der Waals surface area contributed by atoms with Crippen LogP contribution >= 0.6 is 11.6 Å². The lowest BCUT2D eigenvalue weighted by Crippen LogP contribution is -1.96. The largest absolute Gasteiger partial charge is 0.504 e. The van der Waals surface area contributed by atoms with E-state index in [-0.39, 0.29) is 11.5 Å². The Hall–Kier alpha value is -4.89. The molecule has 10 heteroatoms. The van der Waals surface area contributed by atoms with E-state index >= 15 is 0 Å².